The van der Waals surface area contributed by atoms with Crippen molar-refractivity contribution in [1.82, 2.24) is 0 Å². The van der Waals surface area contributed by atoms with Crippen molar-refractivity contribution < 1.29 is 34.0 Å². The third-order valence-corrected chi connectivity index (χ3v) is 6.24. The van der Waals surface area contributed by atoms with Gasteiger partial charge < -0.3 is 29.2 Å². The average molecular weight is 486 g/mol. The average Bonchev–Trinajstić information content (AvgIpc) is 2.91. The number of para-hydroxylation sites is 1. The minimum absolute atomic E-state index is 0.0326. The molecule has 0 unspecified atom stereocenters. The number of rotatable bonds is 5. The Morgan fingerprint density at radius 2 is 1.72 bits per heavy atom. The summed E-state index contributed by atoms with van der Waals surface area (Å²) in [5.41, 5.74) is 1.12. The number of hydrogen-bond donors (Lipinski definition) is 3. The number of methoxy groups -OCH3 is 1. The number of benzene rings is 3. The Morgan fingerprint density at radius 3 is 2.47 bits per heavy atom. The maximum Gasteiger partial charge on any atom is 0.306 e. The minimum Gasteiger partial charge on any atom is -0.504 e. The number of fused-ring (bicyclic) bond motifs is 2. The van der Waals surface area contributed by atoms with E-state index in [1.54, 1.807) is 24.3 Å². The molecule has 1 aliphatic heterocycles. The van der Waals surface area contributed by atoms with Gasteiger partial charge in [-0.3, -0.25) is 9.59 Å². The van der Waals surface area contributed by atoms with Crippen LogP contribution in [0.4, 0.5) is 0 Å². The zero-order chi connectivity index (χ0) is 25.4. The van der Waals surface area contributed by atoms with Crippen molar-refractivity contribution in [3.63, 3.8) is 0 Å². The van der Waals surface area contributed by atoms with Gasteiger partial charge >= 0.3 is 5.97 Å². The quantitative estimate of drug-likeness (QED) is 0.274. The van der Waals surface area contributed by atoms with Gasteiger partial charge in [-0.1, -0.05) is 48.5 Å². The lowest BCUT2D eigenvalue weighted by atomic mass is 9.84. The molecule has 0 spiro atoms. The molecule has 0 saturated carbocycles. The van der Waals surface area contributed by atoms with Gasteiger partial charge in [0.25, 0.3) is 0 Å². The van der Waals surface area contributed by atoms with Crippen LogP contribution in [0.3, 0.4) is 0 Å². The van der Waals surface area contributed by atoms with Crippen LogP contribution in [0.15, 0.2) is 75.4 Å². The first-order valence-electron chi connectivity index (χ1n) is 11.2. The molecule has 0 radical (unpaired) electrons. The molecule has 0 fully saturated rings. The molecule has 1 aromatic heterocycles. The maximum atomic E-state index is 13.1. The number of hydrogen-bond acceptors (Lipinski definition) is 8. The number of ether oxygens (including phenoxy) is 2. The fraction of sp³-hybridized carbons (Fsp3) is 0.143. The van der Waals surface area contributed by atoms with Gasteiger partial charge in [-0.15, -0.1) is 0 Å². The largest absolute Gasteiger partial charge is 0.504 e. The van der Waals surface area contributed by atoms with Crippen molar-refractivity contribution in [3.8, 4) is 34.3 Å². The van der Waals surface area contributed by atoms with Crippen molar-refractivity contribution in [3.05, 3.63) is 87.6 Å². The molecule has 1 atom stereocenters. The second-order valence-electron chi connectivity index (χ2n) is 8.38. The molecule has 0 aliphatic carbocycles. The number of carbonyl (C=O) groups excluding carboxylic acids is 1. The van der Waals surface area contributed by atoms with Gasteiger partial charge in [-0.25, -0.2) is 0 Å². The summed E-state index contributed by atoms with van der Waals surface area (Å²) in [5.74, 6) is -3.06. The number of phenolic OH excluding ortho intramolecular Hbond substituents is 3. The van der Waals surface area contributed by atoms with Crippen LogP contribution in [0.1, 0.15) is 23.5 Å². The lowest BCUT2D eigenvalue weighted by Crippen LogP contribution is -2.18. The molecule has 3 N–H and O–H groups in total. The highest BCUT2D eigenvalue weighted by atomic mass is 16.5. The Bertz CT molecular complexity index is 1570. The molecule has 182 valence electrons. The van der Waals surface area contributed by atoms with E-state index < -0.39 is 34.6 Å². The molecule has 2 heterocycles. The standard InChI is InChI=1S/C28H22O8/c1-34-22(30)12-18(17-11-16-9-5-6-10-20(16)35-14-17)23-25(31)27(33)26(32)24-19(29)13-21(36-28(23)24)15-7-3-2-4-8-15/h2-11,13,18,31-33H,12,14H2,1H3/t18-/m0/s1. The molecule has 36 heavy (non-hydrogen) atoms. The number of aromatic hydroxyl groups is 3. The Morgan fingerprint density at radius 1 is 1.00 bits per heavy atom. The number of esters is 1. The maximum absolute atomic E-state index is 13.1. The van der Waals surface area contributed by atoms with Gasteiger partial charge in [0.2, 0.25) is 5.75 Å². The van der Waals surface area contributed by atoms with E-state index in [9.17, 15) is 24.9 Å². The predicted octanol–water partition coefficient (Wildman–Crippen LogP) is 4.70. The predicted molar refractivity (Wildman–Crippen MR) is 132 cm³/mol. The molecule has 1 aliphatic rings. The topological polar surface area (TPSA) is 126 Å². The van der Waals surface area contributed by atoms with Crippen molar-refractivity contribution in [2.45, 2.75) is 12.3 Å². The van der Waals surface area contributed by atoms with Crippen molar-refractivity contribution in [2.75, 3.05) is 13.7 Å². The SMILES string of the molecule is COC(=O)C[C@@H](C1=Cc2ccccc2OC1)c1c(O)c(O)c(O)c2c(=O)cc(-c3ccccc3)oc12. The zero-order valence-corrected chi connectivity index (χ0v) is 19.2. The summed E-state index contributed by atoms with van der Waals surface area (Å²) in [6.45, 7) is 0.0733. The number of phenols is 3. The summed E-state index contributed by atoms with van der Waals surface area (Å²) < 4.78 is 16.8. The Hall–Kier alpha value is -4.72. The lowest BCUT2D eigenvalue weighted by molar-refractivity contribution is -0.140. The molecule has 8 nitrogen and oxygen atoms in total. The summed E-state index contributed by atoms with van der Waals surface area (Å²) >= 11 is 0. The van der Waals surface area contributed by atoms with E-state index in [4.69, 9.17) is 13.9 Å². The van der Waals surface area contributed by atoms with E-state index in [0.717, 1.165) is 5.56 Å². The first-order valence-corrected chi connectivity index (χ1v) is 11.2. The second-order valence-corrected chi connectivity index (χ2v) is 8.38. The van der Waals surface area contributed by atoms with Crippen molar-refractivity contribution >= 4 is 23.0 Å². The zero-order valence-electron chi connectivity index (χ0n) is 19.2. The molecular weight excluding hydrogens is 464 g/mol. The van der Waals surface area contributed by atoms with Gasteiger partial charge in [-0.2, -0.15) is 0 Å². The second kappa shape index (κ2) is 9.14. The first kappa shape index (κ1) is 23.0. The van der Waals surface area contributed by atoms with E-state index in [2.05, 4.69) is 0 Å². The summed E-state index contributed by atoms with van der Waals surface area (Å²) in [6.07, 6.45) is 1.57. The van der Waals surface area contributed by atoms with E-state index >= 15 is 0 Å². The summed E-state index contributed by atoms with van der Waals surface area (Å²) in [4.78, 5) is 25.6. The van der Waals surface area contributed by atoms with E-state index in [0.29, 0.717) is 16.9 Å². The van der Waals surface area contributed by atoms with Crippen LogP contribution in [0.25, 0.3) is 28.4 Å². The van der Waals surface area contributed by atoms with Crippen molar-refractivity contribution in [1.29, 1.82) is 0 Å². The van der Waals surface area contributed by atoms with Gasteiger partial charge in [0.15, 0.2) is 16.9 Å². The number of carbonyl (C=O) groups is 1. The Kier molecular flexibility index (Phi) is 5.85. The molecule has 0 bridgehead atoms. The van der Waals surface area contributed by atoms with Crippen LogP contribution in [0.5, 0.6) is 23.0 Å². The van der Waals surface area contributed by atoms with Crippen LogP contribution >= 0.6 is 0 Å². The van der Waals surface area contributed by atoms with E-state index in [1.165, 1.54) is 13.2 Å². The van der Waals surface area contributed by atoms with Crippen molar-refractivity contribution in [2.24, 2.45) is 0 Å². The molecule has 5 rings (SSSR count). The third kappa shape index (κ3) is 3.92. The van der Waals surface area contributed by atoms with Crippen LogP contribution in [-0.4, -0.2) is 35.0 Å². The first-order chi connectivity index (χ1) is 17.4. The van der Waals surface area contributed by atoms with Crippen LogP contribution < -0.4 is 10.2 Å². The van der Waals surface area contributed by atoms with E-state index in [1.807, 2.05) is 36.4 Å². The lowest BCUT2D eigenvalue weighted by Gasteiger charge is -2.26. The molecule has 4 aromatic rings. The highest BCUT2D eigenvalue weighted by molar-refractivity contribution is 5.94. The highest BCUT2D eigenvalue weighted by Gasteiger charge is 2.33. The minimum atomic E-state index is -0.908. The Balaban J connectivity index is 1.81. The monoisotopic (exact) mass is 486 g/mol. The molecule has 0 amide bonds. The van der Waals surface area contributed by atoms with Crippen LogP contribution in [0, 0.1) is 0 Å². The summed E-state index contributed by atoms with van der Waals surface area (Å²) in [6, 6.07) is 17.3. The van der Waals surface area contributed by atoms with Gasteiger partial charge in [0.05, 0.1) is 13.5 Å². The fourth-order valence-corrected chi connectivity index (χ4v) is 4.44. The summed E-state index contributed by atoms with van der Waals surface area (Å²) in [7, 11) is 1.24. The van der Waals surface area contributed by atoms with Crippen LogP contribution in [-0.2, 0) is 9.53 Å². The smallest absolute Gasteiger partial charge is 0.306 e. The fourth-order valence-electron chi connectivity index (χ4n) is 4.44. The Labute approximate surface area is 205 Å². The van der Waals surface area contributed by atoms with Gasteiger partial charge in [0.1, 0.15) is 29.1 Å². The molecule has 0 saturated heterocycles. The molecular formula is C28H22O8. The van der Waals surface area contributed by atoms with Gasteiger partial charge in [-0.05, 0) is 17.7 Å². The van der Waals surface area contributed by atoms with Crippen LogP contribution in [0.2, 0.25) is 0 Å². The van der Waals surface area contributed by atoms with E-state index in [-0.39, 0.29) is 35.3 Å². The third-order valence-electron chi connectivity index (χ3n) is 6.24. The molecule has 3 aromatic carbocycles. The highest BCUT2D eigenvalue weighted by Crippen LogP contribution is 2.50. The normalized spacial score (nSPS) is 13.4. The molecule has 8 heteroatoms. The van der Waals surface area contributed by atoms with Gasteiger partial charge in [0, 0.05) is 28.7 Å². The summed E-state index contributed by atoms with van der Waals surface area (Å²) in [5, 5.41) is 31.8.